The maximum atomic E-state index is 13.0. The van der Waals surface area contributed by atoms with Gasteiger partial charge < -0.3 is 15.5 Å². The van der Waals surface area contributed by atoms with E-state index in [1.165, 1.54) is 27.6 Å². The van der Waals surface area contributed by atoms with Gasteiger partial charge in [0.2, 0.25) is 11.1 Å². The third kappa shape index (κ3) is 5.26. The van der Waals surface area contributed by atoms with Gasteiger partial charge in [0, 0.05) is 23.9 Å². The molecule has 148 valence electrons. The first kappa shape index (κ1) is 20.2. The van der Waals surface area contributed by atoms with E-state index in [4.69, 9.17) is 10.6 Å². The Morgan fingerprint density at radius 1 is 1.36 bits per heavy atom. The molecule has 28 heavy (non-hydrogen) atoms. The Hall–Kier alpha value is -2.52. The summed E-state index contributed by atoms with van der Waals surface area (Å²) < 4.78 is 6.54. The van der Waals surface area contributed by atoms with Crippen LogP contribution in [0.1, 0.15) is 17.4 Å². The predicted octanol–water partition coefficient (Wildman–Crippen LogP) is 2.81. The predicted molar refractivity (Wildman–Crippen MR) is 112 cm³/mol. The number of nitrogens with zero attached hydrogens (tertiary/aromatic N) is 4. The van der Waals surface area contributed by atoms with Gasteiger partial charge in [-0.1, -0.05) is 30.0 Å². The molecule has 0 aliphatic heterocycles. The summed E-state index contributed by atoms with van der Waals surface area (Å²) in [5.41, 5.74) is 1.05. The lowest BCUT2D eigenvalue weighted by Crippen LogP contribution is -2.40. The molecule has 0 bridgehead atoms. The average molecular weight is 418 g/mol. The average Bonchev–Trinajstić information content (AvgIpc) is 3.36. The van der Waals surface area contributed by atoms with Crippen molar-refractivity contribution in [1.29, 1.82) is 0 Å². The second-order valence-corrected chi connectivity index (χ2v) is 8.29. The van der Waals surface area contributed by atoms with Crippen molar-refractivity contribution in [2.45, 2.75) is 31.1 Å². The van der Waals surface area contributed by atoms with Crippen LogP contribution in [0.25, 0.3) is 0 Å². The van der Waals surface area contributed by atoms with E-state index in [1.807, 2.05) is 35.2 Å². The van der Waals surface area contributed by atoms with Crippen molar-refractivity contribution >= 4 is 29.0 Å². The first-order chi connectivity index (χ1) is 13.6. The summed E-state index contributed by atoms with van der Waals surface area (Å²) in [6, 6.07) is 12.0. The summed E-state index contributed by atoms with van der Waals surface area (Å²) in [6.07, 6.45) is 2.23. The Morgan fingerprint density at radius 3 is 2.75 bits per heavy atom. The number of hydrogen-bond donors (Lipinski definition) is 1. The summed E-state index contributed by atoms with van der Waals surface area (Å²) in [7, 11) is 1.64. The molecule has 0 saturated heterocycles. The fraction of sp³-hybridized carbons (Fsp3) is 0.316. The summed E-state index contributed by atoms with van der Waals surface area (Å²) in [6.45, 7) is 2.61. The first-order valence-electron chi connectivity index (χ1n) is 8.79. The molecule has 0 fully saturated rings. The molecule has 0 unspecified atom stereocenters. The zero-order chi connectivity index (χ0) is 19.9. The number of nitrogen functional groups attached to an aromatic ring is 1. The van der Waals surface area contributed by atoms with Crippen LogP contribution in [0.5, 0.6) is 5.75 Å². The van der Waals surface area contributed by atoms with E-state index in [2.05, 4.69) is 28.6 Å². The van der Waals surface area contributed by atoms with Gasteiger partial charge in [0.05, 0.1) is 12.9 Å². The molecule has 0 spiro atoms. The second-order valence-electron chi connectivity index (χ2n) is 6.31. The first-order valence-corrected chi connectivity index (χ1v) is 10.7. The topological polar surface area (TPSA) is 86.3 Å². The van der Waals surface area contributed by atoms with Gasteiger partial charge in [-0.15, -0.1) is 21.5 Å². The number of aromatic nitrogens is 3. The zero-order valence-electron chi connectivity index (χ0n) is 15.8. The van der Waals surface area contributed by atoms with Crippen LogP contribution in [0.3, 0.4) is 0 Å². The highest BCUT2D eigenvalue weighted by atomic mass is 32.2. The van der Waals surface area contributed by atoms with E-state index < -0.39 is 0 Å². The molecule has 7 nitrogen and oxygen atoms in total. The number of benzene rings is 1. The molecule has 0 aliphatic carbocycles. The van der Waals surface area contributed by atoms with Crippen molar-refractivity contribution in [2.24, 2.45) is 0 Å². The largest absolute Gasteiger partial charge is 0.497 e. The molecule has 9 heteroatoms. The number of amides is 1. The molecular weight excluding hydrogens is 394 g/mol. The monoisotopic (exact) mass is 417 g/mol. The number of hydrogen-bond acceptors (Lipinski definition) is 7. The molecule has 1 aromatic carbocycles. The van der Waals surface area contributed by atoms with E-state index >= 15 is 0 Å². The number of thiophene rings is 1. The van der Waals surface area contributed by atoms with E-state index in [0.29, 0.717) is 11.7 Å². The molecule has 0 aliphatic rings. The number of carbonyl (C=O) groups is 1. The van der Waals surface area contributed by atoms with Crippen LogP contribution in [0.4, 0.5) is 0 Å². The Balaban J connectivity index is 1.71. The van der Waals surface area contributed by atoms with Crippen LogP contribution in [-0.4, -0.2) is 44.6 Å². The smallest absolute Gasteiger partial charge is 0.233 e. The normalized spacial score (nSPS) is 11.9. The van der Waals surface area contributed by atoms with Gasteiger partial charge in [-0.2, -0.15) is 0 Å². The Morgan fingerprint density at radius 2 is 2.14 bits per heavy atom. The van der Waals surface area contributed by atoms with Crippen LogP contribution in [-0.2, 0) is 17.8 Å². The third-order valence-corrected chi connectivity index (χ3v) is 6.15. The number of ether oxygens (including phenoxy) is 1. The van der Waals surface area contributed by atoms with E-state index in [0.717, 1.165) is 17.7 Å². The second kappa shape index (κ2) is 9.61. The summed E-state index contributed by atoms with van der Waals surface area (Å²) in [4.78, 5) is 16.2. The number of thioether (sulfide) groups is 1. The van der Waals surface area contributed by atoms with Crippen LogP contribution >= 0.6 is 23.1 Å². The number of nitrogens with two attached hydrogens (primary N) is 1. The fourth-order valence-electron chi connectivity index (χ4n) is 2.79. The van der Waals surface area contributed by atoms with Gasteiger partial charge in [-0.25, -0.2) is 4.68 Å². The molecule has 0 saturated carbocycles. The summed E-state index contributed by atoms with van der Waals surface area (Å²) in [5, 5.41) is 10.2. The molecule has 3 aromatic rings. The third-order valence-electron chi connectivity index (χ3n) is 4.31. The standard InChI is InChI=1S/C19H23N5O2S2/c1-14(10-17-4-3-9-27-17)23(11-15-5-7-16(26-2)8-6-15)18(25)12-28-19-22-21-13-24(19)20/h3-9,13-14H,10-12,20H2,1-2H3/t14-/m1/s1. The molecule has 1 atom stereocenters. The van der Waals surface area contributed by atoms with Crippen molar-refractivity contribution in [2.75, 3.05) is 18.7 Å². The minimum atomic E-state index is 0.0351. The van der Waals surface area contributed by atoms with E-state index in [9.17, 15) is 4.79 Å². The van der Waals surface area contributed by atoms with Crippen LogP contribution in [0.15, 0.2) is 53.3 Å². The van der Waals surface area contributed by atoms with Crippen molar-refractivity contribution in [3.05, 3.63) is 58.5 Å². The lowest BCUT2D eigenvalue weighted by Gasteiger charge is -2.29. The van der Waals surface area contributed by atoms with Crippen molar-refractivity contribution in [1.82, 2.24) is 19.8 Å². The quantitative estimate of drug-likeness (QED) is 0.426. The van der Waals surface area contributed by atoms with Crippen LogP contribution < -0.4 is 10.6 Å². The van der Waals surface area contributed by atoms with Crippen molar-refractivity contribution < 1.29 is 9.53 Å². The minimum Gasteiger partial charge on any atom is -0.497 e. The van der Waals surface area contributed by atoms with Gasteiger partial charge in [0.1, 0.15) is 12.1 Å². The summed E-state index contributed by atoms with van der Waals surface area (Å²) in [5.74, 6) is 6.82. The summed E-state index contributed by atoms with van der Waals surface area (Å²) >= 11 is 3.00. The van der Waals surface area contributed by atoms with Gasteiger partial charge in [-0.05, 0) is 36.1 Å². The molecule has 2 N–H and O–H groups in total. The maximum Gasteiger partial charge on any atom is 0.233 e. The molecule has 2 heterocycles. The van der Waals surface area contributed by atoms with Gasteiger partial charge in [-0.3, -0.25) is 4.79 Å². The number of carbonyl (C=O) groups excluding carboxylic acids is 1. The molecule has 3 rings (SSSR count). The molecule has 0 radical (unpaired) electrons. The van der Waals surface area contributed by atoms with Gasteiger partial charge >= 0.3 is 0 Å². The van der Waals surface area contributed by atoms with Gasteiger partial charge in [0.25, 0.3) is 0 Å². The Labute approximate surface area is 172 Å². The zero-order valence-corrected chi connectivity index (χ0v) is 17.4. The van der Waals surface area contributed by atoms with Crippen molar-refractivity contribution in [3.8, 4) is 5.75 Å². The molecule has 1 amide bonds. The van der Waals surface area contributed by atoms with E-state index in [-0.39, 0.29) is 17.7 Å². The number of rotatable bonds is 9. The highest BCUT2D eigenvalue weighted by Gasteiger charge is 2.22. The van der Waals surface area contributed by atoms with Crippen LogP contribution in [0.2, 0.25) is 0 Å². The minimum absolute atomic E-state index is 0.0351. The molecular formula is C19H23N5O2S2. The highest BCUT2D eigenvalue weighted by molar-refractivity contribution is 7.99. The van der Waals surface area contributed by atoms with E-state index in [1.54, 1.807) is 18.4 Å². The fourth-order valence-corrected chi connectivity index (χ4v) is 4.34. The highest BCUT2D eigenvalue weighted by Crippen LogP contribution is 2.21. The molecule has 2 aromatic heterocycles. The SMILES string of the molecule is COc1ccc(CN(C(=O)CSc2nncn2N)[C@H](C)Cc2cccs2)cc1. The Kier molecular flexibility index (Phi) is 6.94. The van der Waals surface area contributed by atoms with Crippen LogP contribution in [0, 0.1) is 0 Å². The lowest BCUT2D eigenvalue weighted by molar-refractivity contribution is -0.131. The Bertz CT molecular complexity index is 880. The lowest BCUT2D eigenvalue weighted by atomic mass is 10.1. The van der Waals surface area contributed by atoms with Gasteiger partial charge in [0.15, 0.2) is 0 Å². The maximum absolute atomic E-state index is 13.0. The van der Waals surface area contributed by atoms with Crippen molar-refractivity contribution in [3.63, 3.8) is 0 Å². The number of methoxy groups -OCH3 is 1.